The summed E-state index contributed by atoms with van der Waals surface area (Å²) in [6.07, 6.45) is 23.5. The number of carboxylic acid groups (broad SMARTS) is 3. The lowest BCUT2D eigenvalue weighted by atomic mass is 9.52. The molecule has 3 heterocycles. The fourth-order valence-electron chi connectivity index (χ4n) is 11.0. The number of nitrogens with zero attached hydrogens (tertiary/aromatic N) is 1. The first kappa shape index (κ1) is 48.4. The molecule has 0 bridgehead atoms. The number of carboxylic acids is 3. The first-order valence-corrected chi connectivity index (χ1v) is 22.2. The Bertz CT molecular complexity index is 1060. The molecule has 0 amide bonds. The largest absolute Gasteiger partial charge is 0.481 e. The van der Waals surface area contributed by atoms with Crippen LogP contribution in [0.2, 0.25) is 0 Å². The van der Waals surface area contributed by atoms with Crippen molar-refractivity contribution in [1.82, 2.24) is 15.5 Å². The Morgan fingerprint density at radius 1 is 0.611 bits per heavy atom. The molecule has 3 fully saturated rings. The topological polar surface area (TPSA) is 139 Å². The summed E-state index contributed by atoms with van der Waals surface area (Å²) in [5.41, 5.74) is -0.862. The summed E-state index contributed by atoms with van der Waals surface area (Å²) >= 11 is 0. The Morgan fingerprint density at radius 3 is 1.43 bits per heavy atom. The van der Waals surface area contributed by atoms with E-state index in [4.69, 9.17) is 5.11 Å². The van der Waals surface area contributed by atoms with Crippen LogP contribution in [0, 0.1) is 17.3 Å². The normalized spacial score (nSPS) is 22.2. The molecule has 0 aromatic carbocycles. The molecule has 9 nitrogen and oxygen atoms in total. The minimum Gasteiger partial charge on any atom is -0.481 e. The summed E-state index contributed by atoms with van der Waals surface area (Å²) in [6, 6.07) is -0.325. The van der Waals surface area contributed by atoms with E-state index < -0.39 is 23.3 Å². The maximum absolute atomic E-state index is 13.5. The van der Waals surface area contributed by atoms with Crippen LogP contribution in [0.5, 0.6) is 0 Å². The standard InChI is InChI=1S/C30H58N2O2.C15H27NO4/c1-10-11-12-13-14-15-16-17-18-30(25(33)34,23-19-26(2,3)31-27(4,5)20-23)24-21-28(6,7)32-29(8,9)22-24;17-14(18)10-6-3-1-2-5-9-13(15(19)20)16-11-7-4-8-12-16/h23-24,31-32H,10-22H2,1-9H3,(H,33,34);13H,1-12H2,(H,17,18)(H,19,20). The SMILES string of the molecule is CCCCCCCCCCC(C(=O)O)(C1CC(C)(C)NC(C)(C)C1)C1CC(C)(C)NC(C)(C)C1.O=C(O)CCCCCCCC(C(=O)O)N1CCCCC1. The molecule has 54 heavy (non-hydrogen) atoms. The van der Waals surface area contributed by atoms with Crippen molar-refractivity contribution in [3.8, 4) is 0 Å². The molecular weight excluding hydrogens is 679 g/mol. The summed E-state index contributed by atoms with van der Waals surface area (Å²) in [4.78, 5) is 37.3. The van der Waals surface area contributed by atoms with Gasteiger partial charge in [-0.05, 0) is 138 Å². The van der Waals surface area contributed by atoms with E-state index in [1.54, 1.807) is 0 Å². The molecular formula is C45H85N3O6. The van der Waals surface area contributed by atoms with Crippen molar-refractivity contribution in [2.24, 2.45) is 17.3 Å². The first-order valence-electron chi connectivity index (χ1n) is 22.2. The van der Waals surface area contributed by atoms with E-state index in [2.05, 4.69) is 77.8 Å². The zero-order valence-electron chi connectivity index (χ0n) is 36.4. The van der Waals surface area contributed by atoms with Crippen LogP contribution in [0.25, 0.3) is 0 Å². The third kappa shape index (κ3) is 16.8. The number of unbranched alkanes of at least 4 members (excludes halogenated alkanes) is 11. The quantitative estimate of drug-likeness (QED) is 0.0682. The van der Waals surface area contributed by atoms with Crippen molar-refractivity contribution in [2.75, 3.05) is 13.1 Å². The van der Waals surface area contributed by atoms with Gasteiger partial charge in [-0.1, -0.05) is 90.4 Å². The van der Waals surface area contributed by atoms with Crippen LogP contribution in [0.15, 0.2) is 0 Å². The zero-order valence-corrected chi connectivity index (χ0v) is 36.4. The van der Waals surface area contributed by atoms with E-state index in [0.717, 1.165) is 103 Å². The van der Waals surface area contributed by atoms with Crippen LogP contribution >= 0.6 is 0 Å². The molecule has 3 aliphatic heterocycles. The number of hydrogen-bond acceptors (Lipinski definition) is 6. The fraction of sp³-hybridized carbons (Fsp3) is 0.933. The Balaban J connectivity index is 0.000000429. The second-order valence-corrected chi connectivity index (χ2v) is 20.2. The number of rotatable bonds is 22. The smallest absolute Gasteiger partial charge is 0.320 e. The summed E-state index contributed by atoms with van der Waals surface area (Å²) in [7, 11) is 0. The summed E-state index contributed by atoms with van der Waals surface area (Å²) < 4.78 is 0. The van der Waals surface area contributed by atoms with Gasteiger partial charge in [0.1, 0.15) is 6.04 Å². The Labute approximate surface area is 331 Å². The summed E-state index contributed by atoms with van der Waals surface area (Å²) in [5.74, 6) is -1.59. The van der Waals surface area contributed by atoms with Crippen LogP contribution in [0.4, 0.5) is 0 Å². The summed E-state index contributed by atoms with van der Waals surface area (Å²) in [6.45, 7) is 22.2. The number of hydrogen-bond donors (Lipinski definition) is 5. The van der Waals surface area contributed by atoms with E-state index in [0.29, 0.717) is 6.42 Å². The molecule has 0 aliphatic carbocycles. The minimum atomic E-state index is -0.735. The number of piperidine rings is 3. The highest BCUT2D eigenvalue weighted by Gasteiger charge is 2.58. The highest BCUT2D eigenvalue weighted by atomic mass is 16.4. The molecule has 1 unspecified atom stereocenters. The minimum absolute atomic E-state index is 0.0512. The lowest BCUT2D eigenvalue weighted by Crippen LogP contribution is -2.65. The lowest BCUT2D eigenvalue weighted by Gasteiger charge is -2.57. The zero-order chi connectivity index (χ0) is 40.6. The van der Waals surface area contributed by atoms with Crippen LogP contribution in [-0.4, -0.2) is 79.4 Å². The second-order valence-electron chi connectivity index (χ2n) is 20.2. The van der Waals surface area contributed by atoms with Crippen LogP contribution in [-0.2, 0) is 14.4 Å². The maximum Gasteiger partial charge on any atom is 0.320 e. The van der Waals surface area contributed by atoms with Gasteiger partial charge in [-0.3, -0.25) is 19.3 Å². The molecule has 3 saturated heterocycles. The molecule has 1 atom stereocenters. The van der Waals surface area contributed by atoms with Gasteiger partial charge in [-0.2, -0.15) is 0 Å². The van der Waals surface area contributed by atoms with E-state index in [1.165, 1.54) is 44.9 Å². The molecule has 3 rings (SSSR count). The van der Waals surface area contributed by atoms with E-state index >= 15 is 0 Å². The predicted octanol–water partition coefficient (Wildman–Crippen LogP) is 10.4. The molecule has 3 aliphatic rings. The molecule has 0 aromatic rings. The van der Waals surface area contributed by atoms with E-state index in [-0.39, 0.29) is 46.5 Å². The van der Waals surface area contributed by atoms with Gasteiger partial charge >= 0.3 is 17.9 Å². The van der Waals surface area contributed by atoms with Crippen molar-refractivity contribution in [2.45, 2.75) is 238 Å². The van der Waals surface area contributed by atoms with Gasteiger partial charge in [0, 0.05) is 28.6 Å². The summed E-state index contributed by atoms with van der Waals surface area (Å²) in [5, 5.41) is 36.5. The molecule has 0 aromatic heterocycles. The third-order valence-corrected chi connectivity index (χ3v) is 12.7. The van der Waals surface area contributed by atoms with Crippen molar-refractivity contribution in [1.29, 1.82) is 0 Å². The molecule has 0 saturated carbocycles. The second kappa shape index (κ2) is 22.3. The monoisotopic (exact) mass is 764 g/mol. The average Bonchev–Trinajstić information content (AvgIpc) is 3.02. The first-order chi connectivity index (χ1) is 25.2. The van der Waals surface area contributed by atoms with Gasteiger partial charge in [0.05, 0.1) is 5.41 Å². The third-order valence-electron chi connectivity index (χ3n) is 12.7. The molecule has 0 spiro atoms. The van der Waals surface area contributed by atoms with Gasteiger partial charge in [0.25, 0.3) is 0 Å². The Kier molecular flexibility index (Phi) is 20.0. The van der Waals surface area contributed by atoms with Gasteiger partial charge in [0.2, 0.25) is 0 Å². The van der Waals surface area contributed by atoms with Crippen molar-refractivity contribution in [3.05, 3.63) is 0 Å². The Hall–Kier alpha value is -1.71. The molecule has 5 N–H and O–H groups in total. The van der Waals surface area contributed by atoms with Crippen LogP contribution < -0.4 is 10.6 Å². The highest BCUT2D eigenvalue weighted by Crippen LogP contribution is 2.55. The van der Waals surface area contributed by atoms with E-state index in [9.17, 15) is 24.6 Å². The van der Waals surface area contributed by atoms with Crippen molar-refractivity contribution < 1.29 is 29.7 Å². The van der Waals surface area contributed by atoms with E-state index in [1.807, 2.05) is 0 Å². The average molecular weight is 764 g/mol. The molecule has 316 valence electrons. The maximum atomic E-state index is 13.5. The van der Waals surface area contributed by atoms with Crippen molar-refractivity contribution >= 4 is 17.9 Å². The Morgan fingerprint density at radius 2 is 1.02 bits per heavy atom. The fourth-order valence-corrected chi connectivity index (χ4v) is 11.0. The highest BCUT2D eigenvalue weighted by molar-refractivity contribution is 5.76. The van der Waals surface area contributed by atoms with Gasteiger partial charge in [-0.15, -0.1) is 0 Å². The number of likely N-dealkylation sites (tertiary alicyclic amines) is 1. The predicted molar refractivity (Wildman–Crippen MR) is 222 cm³/mol. The molecule has 0 radical (unpaired) electrons. The van der Waals surface area contributed by atoms with Crippen LogP contribution in [0.1, 0.15) is 210 Å². The van der Waals surface area contributed by atoms with Gasteiger partial charge in [0.15, 0.2) is 0 Å². The van der Waals surface area contributed by atoms with Crippen LogP contribution in [0.3, 0.4) is 0 Å². The van der Waals surface area contributed by atoms with Gasteiger partial charge in [-0.25, -0.2) is 0 Å². The van der Waals surface area contributed by atoms with Gasteiger partial charge < -0.3 is 26.0 Å². The number of aliphatic carboxylic acids is 3. The number of nitrogens with one attached hydrogen (secondary N) is 2. The lowest BCUT2D eigenvalue weighted by molar-refractivity contribution is -0.166. The molecule has 9 heteroatoms. The van der Waals surface area contributed by atoms with Crippen molar-refractivity contribution in [3.63, 3.8) is 0 Å². The number of carbonyl (C=O) groups is 3.